The van der Waals surface area contributed by atoms with Crippen molar-refractivity contribution in [2.24, 2.45) is 0 Å². The molecule has 3 aromatic carbocycles. The third-order valence-electron chi connectivity index (χ3n) is 5.27. The van der Waals surface area contributed by atoms with Crippen LogP contribution >= 0.6 is 23.2 Å². The average Bonchev–Trinajstić information content (AvgIpc) is 3.20. The summed E-state index contributed by atoms with van der Waals surface area (Å²) in [5.41, 5.74) is 1.80. The van der Waals surface area contributed by atoms with Crippen molar-refractivity contribution < 1.29 is 9.53 Å². The molecule has 1 atom stereocenters. The van der Waals surface area contributed by atoms with Crippen LogP contribution in [0.1, 0.15) is 24.0 Å². The molecule has 0 radical (unpaired) electrons. The van der Waals surface area contributed by atoms with E-state index >= 15 is 0 Å². The van der Waals surface area contributed by atoms with Gasteiger partial charge in [-0.25, -0.2) is 4.68 Å². The van der Waals surface area contributed by atoms with Gasteiger partial charge in [0.15, 0.2) is 0 Å². The minimum absolute atomic E-state index is 0.114. The van der Waals surface area contributed by atoms with Crippen LogP contribution in [0.3, 0.4) is 0 Å². The first-order valence-electron chi connectivity index (χ1n) is 9.79. The monoisotopic (exact) mass is 453 g/mol. The number of carbonyl (C=O) groups excluding carboxylic acids is 1. The second-order valence-corrected chi connectivity index (χ2v) is 8.14. The summed E-state index contributed by atoms with van der Waals surface area (Å²) in [6, 6.07) is 19.0. The second kappa shape index (κ2) is 9.00. The molecular weight excluding hydrogens is 433 g/mol. The third-order valence-corrected chi connectivity index (χ3v) is 5.85. The maximum atomic E-state index is 12.9. The number of aromatic nitrogens is 2. The highest BCUT2D eigenvalue weighted by atomic mass is 35.5. The fourth-order valence-corrected chi connectivity index (χ4v) is 3.87. The zero-order valence-electron chi connectivity index (χ0n) is 17.1. The Bertz CT molecular complexity index is 1250. The Morgan fingerprint density at radius 2 is 1.84 bits per heavy atom. The van der Waals surface area contributed by atoms with Crippen LogP contribution in [0.4, 0.5) is 5.82 Å². The molecule has 0 spiro atoms. The number of hydrogen-bond donors (Lipinski definition) is 1. The number of hydrogen-bond acceptors (Lipinski definition) is 3. The number of nitrogens with zero attached hydrogens (tertiary/aromatic N) is 2. The molecule has 0 bridgehead atoms. The number of amides is 1. The Kier molecular flexibility index (Phi) is 6.16. The molecule has 0 fully saturated rings. The van der Waals surface area contributed by atoms with E-state index < -0.39 is 0 Å². The van der Waals surface area contributed by atoms with E-state index in [4.69, 9.17) is 27.9 Å². The Labute approximate surface area is 190 Å². The van der Waals surface area contributed by atoms with Crippen molar-refractivity contribution in [1.82, 2.24) is 9.78 Å². The van der Waals surface area contributed by atoms with Crippen molar-refractivity contribution in [3.63, 3.8) is 0 Å². The summed E-state index contributed by atoms with van der Waals surface area (Å²) < 4.78 is 6.98. The fourth-order valence-electron chi connectivity index (χ4n) is 3.40. The number of anilines is 1. The Hall–Kier alpha value is -3.02. The Balaban J connectivity index is 1.51. The van der Waals surface area contributed by atoms with Crippen LogP contribution in [-0.2, 0) is 11.3 Å². The second-order valence-electron chi connectivity index (χ2n) is 7.29. The van der Waals surface area contributed by atoms with Gasteiger partial charge in [0, 0.05) is 16.1 Å². The normalized spacial score (nSPS) is 12.0. The zero-order chi connectivity index (χ0) is 22.0. The molecule has 4 aromatic rings. The average molecular weight is 454 g/mol. The number of rotatable bonds is 6. The predicted octanol–water partition coefficient (Wildman–Crippen LogP) is 6.14. The van der Waals surface area contributed by atoms with Gasteiger partial charge < -0.3 is 10.1 Å². The topological polar surface area (TPSA) is 56.1 Å². The molecule has 1 heterocycles. The van der Waals surface area contributed by atoms with Gasteiger partial charge in [0.25, 0.3) is 0 Å². The van der Waals surface area contributed by atoms with Crippen LogP contribution in [0.5, 0.6) is 5.75 Å². The minimum Gasteiger partial charge on any atom is -0.497 e. The highest BCUT2D eigenvalue weighted by Crippen LogP contribution is 2.27. The van der Waals surface area contributed by atoms with E-state index in [-0.39, 0.29) is 11.8 Å². The van der Waals surface area contributed by atoms with Crippen molar-refractivity contribution in [2.75, 3.05) is 12.4 Å². The Morgan fingerprint density at radius 3 is 2.61 bits per heavy atom. The number of halogens is 2. The molecule has 1 N–H and O–H groups in total. The van der Waals surface area contributed by atoms with Gasteiger partial charge in [-0.05, 0) is 53.1 Å². The number of methoxy groups -OCH3 is 1. The van der Waals surface area contributed by atoms with E-state index in [1.807, 2.05) is 49.4 Å². The number of fused-ring (bicyclic) bond motifs is 1. The molecule has 5 nitrogen and oxygen atoms in total. The van der Waals surface area contributed by atoms with Gasteiger partial charge in [-0.3, -0.25) is 4.79 Å². The van der Waals surface area contributed by atoms with Gasteiger partial charge in [0.1, 0.15) is 11.6 Å². The van der Waals surface area contributed by atoms with Gasteiger partial charge in [-0.1, -0.05) is 53.5 Å². The summed E-state index contributed by atoms with van der Waals surface area (Å²) in [6.45, 7) is 2.31. The van der Waals surface area contributed by atoms with Gasteiger partial charge in [0.2, 0.25) is 5.91 Å². The van der Waals surface area contributed by atoms with Gasteiger partial charge in [0.05, 0.1) is 25.8 Å². The van der Waals surface area contributed by atoms with E-state index in [0.29, 0.717) is 22.4 Å². The molecule has 0 aliphatic heterocycles. The van der Waals surface area contributed by atoms with Crippen LogP contribution < -0.4 is 10.1 Å². The molecule has 0 saturated heterocycles. The first-order valence-corrected chi connectivity index (χ1v) is 10.5. The molecular formula is C24H21Cl2N3O2. The first kappa shape index (κ1) is 21.2. The van der Waals surface area contributed by atoms with E-state index in [1.54, 1.807) is 36.2 Å². The van der Waals surface area contributed by atoms with Crippen LogP contribution in [-0.4, -0.2) is 22.8 Å². The van der Waals surface area contributed by atoms with Gasteiger partial charge >= 0.3 is 0 Å². The maximum absolute atomic E-state index is 12.9. The van der Waals surface area contributed by atoms with E-state index in [0.717, 1.165) is 27.6 Å². The summed E-state index contributed by atoms with van der Waals surface area (Å²) in [7, 11) is 1.65. The van der Waals surface area contributed by atoms with Crippen molar-refractivity contribution in [1.29, 1.82) is 0 Å². The van der Waals surface area contributed by atoms with Crippen molar-refractivity contribution >= 4 is 45.7 Å². The molecule has 1 amide bonds. The van der Waals surface area contributed by atoms with Crippen LogP contribution in [0.2, 0.25) is 10.0 Å². The molecule has 0 unspecified atom stereocenters. The quantitative estimate of drug-likeness (QED) is 0.381. The SMILES string of the molecule is COc1ccc2cc([C@@H](C)C(=O)Nc3ccnn3Cc3ccc(Cl)cc3Cl)ccc2c1. The summed E-state index contributed by atoms with van der Waals surface area (Å²) >= 11 is 12.3. The van der Waals surface area contributed by atoms with Crippen molar-refractivity contribution in [2.45, 2.75) is 19.4 Å². The zero-order valence-corrected chi connectivity index (χ0v) is 18.6. The number of benzene rings is 3. The standard InChI is InChI=1S/C24H21Cl2N3O2/c1-15(16-3-4-18-12-21(31-2)8-6-17(18)11-16)24(30)28-23-9-10-27-29(23)14-19-5-7-20(25)13-22(19)26/h3-13,15H,14H2,1-2H3,(H,28,30)/t15-/m1/s1. The molecule has 0 aliphatic rings. The van der Waals surface area contributed by atoms with Gasteiger partial charge in [-0.2, -0.15) is 5.10 Å². The van der Waals surface area contributed by atoms with E-state index in [1.165, 1.54) is 0 Å². The largest absolute Gasteiger partial charge is 0.497 e. The van der Waals surface area contributed by atoms with Crippen molar-refractivity contribution in [3.05, 3.63) is 88.0 Å². The molecule has 158 valence electrons. The van der Waals surface area contributed by atoms with Crippen LogP contribution in [0.25, 0.3) is 10.8 Å². The number of nitrogens with one attached hydrogen (secondary N) is 1. The van der Waals surface area contributed by atoms with E-state index in [2.05, 4.69) is 10.4 Å². The predicted molar refractivity (Wildman–Crippen MR) is 125 cm³/mol. The minimum atomic E-state index is -0.339. The lowest BCUT2D eigenvalue weighted by atomic mass is 9.97. The number of carbonyl (C=O) groups is 1. The van der Waals surface area contributed by atoms with Crippen LogP contribution in [0, 0.1) is 0 Å². The van der Waals surface area contributed by atoms with Gasteiger partial charge in [-0.15, -0.1) is 0 Å². The molecule has 1 aromatic heterocycles. The molecule has 0 saturated carbocycles. The summed E-state index contributed by atoms with van der Waals surface area (Å²) in [4.78, 5) is 12.9. The molecule has 0 aliphatic carbocycles. The first-order chi connectivity index (χ1) is 14.9. The Morgan fingerprint density at radius 1 is 1.06 bits per heavy atom. The maximum Gasteiger partial charge on any atom is 0.232 e. The van der Waals surface area contributed by atoms with Crippen molar-refractivity contribution in [3.8, 4) is 5.75 Å². The third kappa shape index (κ3) is 4.68. The number of ether oxygens (including phenoxy) is 1. The molecule has 7 heteroatoms. The lowest BCUT2D eigenvalue weighted by Crippen LogP contribution is -2.21. The highest BCUT2D eigenvalue weighted by Gasteiger charge is 2.18. The highest BCUT2D eigenvalue weighted by molar-refractivity contribution is 6.35. The fraction of sp³-hybridized carbons (Fsp3) is 0.167. The van der Waals surface area contributed by atoms with Crippen LogP contribution in [0.15, 0.2) is 66.9 Å². The lowest BCUT2D eigenvalue weighted by Gasteiger charge is -2.15. The molecule has 31 heavy (non-hydrogen) atoms. The smallest absolute Gasteiger partial charge is 0.232 e. The lowest BCUT2D eigenvalue weighted by molar-refractivity contribution is -0.117. The molecule has 4 rings (SSSR count). The summed E-state index contributed by atoms with van der Waals surface area (Å²) in [5.74, 6) is 0.958. The summed E-state index contributed by atoms with van der Waals surface area (Å²) in [5, 5.41) is 10.5. The summed E-state index contributed by atoms with van der Waals surface area (Å²) in [6.07, 6.45) is 1.65. The van der Waals surface area contributed by atoms with E-state index in [9.17, 15) is 4.79 Å².